The van der Waals surface area contributed by atoms with Crippen molar-refractivity contribution in [2.45, 2.75) is 32.2 Å². The molecule has 2 N–H and O–H groups in total. The van der Waals surface area contributed by atoms with Crippen LogP contribution in [0.3, 0.4) is 0 Å². The fourth-order valence-corrected chi connectivity index (χ4v) is 5.75. The zero-order valence-electron chi connectivity index (χ0n) is 17.1. The van der Waals surface area contributed by atoms with E-state index in [2.05, 4.69) is 15.2 Å². The number of amides is 2. The van der Waals surface area contributed by atoms with Crippen molar-refractivity contribution in [1.29, 1.82) is 0 Å². The predicted molar refractivity (Wildman–Crippen MR) is 124 cm³/mol. The van der Waals surface area contributed by atoms with E-state index in [0.717, 1.165) is 48.3 Å². The van der Waals surface area contributed by atoms with Crippen LogP contribution in [0.25, 0.3) is 10.2 Å². The molecule has 9 heteroatoms. The van der Waals surface area contributed by atoms with E-state index in [0.29, 0.717) is 30.5 Å². The van der Waals surface area contributed by atoms with E-state index >= 15 is 0 Å². The number of nitrogens with one attached hydrogen (secondary N) is 2. The second-order valence-electron chi connectivity index (χ2n) is 8.10. The summed E-state index contributed by atoms with van der Waals surface area (Å²) in [6.45, 7) is 3.30. The maximum Gasteiger partial charge on any atom is 0.321 e. The number of anilines is 1. The highest BCUT2D eigenvalue weighted by atomic mass is 35.5. The van der Waals surface area contributed by atoms with E-state index in [-0.39, 0.29) is 11.6 Å². The molecule has 0 spiro atoms. The van der Waals surface area contributed by atoms with Gasteiger partial charge in [0.1, 0.15) is 10.7 Å². The Bertz CT molecular complexity index is 1170. The summed E-state index contributed by atoms with van der Waals surface area (Å²) < 4.78 is 0. The first-order valence-corrected chi connectivity index (χ1v) is 11.8. The van der Waals surface area contributed by atoms with Crippen molar-refractivity contribution in [3.8, 4) is 0 Å². The number of benzene rings is 1. The fraction of sp³-hybridized carbons (Fsp3) is 0.409. The molecule has 3 aromatic rings. The van der Waals surface area contributed by atoms with Crippen LogP contribution in [0.4, 0.5) is 10.5 Å². The van der Waals surface area contributed by atoms with Crippen LogP contribution in [-0.4, -0.2) is 52.0 Å². The van der Waals surface area contributed by atoms with Crippen molar-refractivity contribution in [3.05, 3.63) is 55.9 Å². The molecular weight excluding hydrogens is 434 g/mol. The van der Waals surface area contributed by atoms with Gasteiger partial charge in [0.15, 0.2) is 0 Å². The lowest BCUT2D eigenvalue weighted by atomic mass is 9.97. The second kappa shape index (κ2) is 8.61. The lowest BCUT2D eigenvalue weighted by molar-refractivity contribution is 0.141. The van der Waals surface area contributed by atoms with E-state index in [4.69, 9.17) is 16.6 Å². The average molecular weight is 458 g/mol. The van der Waals surface area contributed by atoms with Crippen LogP contribution in [0.5, 0.6) is 0 Å². The summed E-state index contributed by atoms with van der Waals surface area (Å²) in [5.74, 6) is 0.704. The number of aromatic nitrogens is 2. The Morgan fingerprint density at radius 2 is 1.87 bits per heavy atom. The van der Waals surface area contributed by atoms with Gasteiger partial charge in [-0.3, -0.25) is 9.69 Å². The van der Waals surface area contributed by atoms with Crippen LogP contribution in [0.2, 0.25) is 5.02 Å². The highest BCUT2D eigenvalue weighted by Gasteiger charge is 2.23. The van der Waals surface area contributed by atoms with E-state index in [9.17, 15) is 9.59 Å². The Labute approximate surface area is 189 Å². The van der Waals surface area contributed by atoms with Gasteiger partial charge in [0.2, 0.25) is 0 Å². The molecule has 3 heterocycles. The number of thiophene rings is 1. The van der Waals surface area contributed by atoms with Gasteiger partial charge < -0.3 is 15.2 Å². The zero-order valence-corrected chi connectivity index (χ0v) is 18.7. The maximum atomic E-state index is 12.7. The standard InChI is InChI=1S/C22H24ClN5O2S/c23-14-5-7-15(8-6-14)24-22(30)28-11-9-27(10-12-28)13-18-25-20(29)19-16-3-1-2-4-17(16)31-21(19)26-18/h5-8H,1-4,9-13H2,(H,24,30)(H,25,26,29). The molecule has 0 saturated carbocycles. The summed E-state index contributed by atoms with van der Waals surface area (Å²) in [5, 5.41) is 4.34. The third kappa shape index (κ3) is 4.33. The number of fused-ring (bicyclic) bond motifs is 3. The normalized spacial score (nSPS) is 17.0. The first kappa shape index (κ1) is 20.5. The van der Waals surface area contributed by atoms with Gasteiger partial charge in [0, 0.05) is 41.8 Å². The number of rotatable bonds is 3. The quantitative estimate of drug-likeness (QED) is 0.625. The Kier molecular flexibility index (Phi) is 5.69. The minimum absolute atomic E-state index is 0.0135. The van der Waals surface area contributed by atoms with Gasteiger partial charge in [-0.25, -0.2) is 9.78 Å². The van der Waals surface area contributed by atoms with Gasteiger partial charge in [0.05, 0.1) is 11.9 Å². The molecule has 0 bridgehead atoms. The molecule has 2 amide bonds. The van der Waals surface area contributed by atoms with Crippen LogP contribution in [-0.2, 0) is 19.4 Å². The van der Waals surface area contributed by atoms with Gasteiger partial charge >= 0.3 is 6.03 Å². The lowest BCUT2D eigenvalue weighted by Gasteiger charge is -2.34. The molecule has 2 aliphatic rings. The number of hydrogen-bond acceptors (Lipinski definition) is 5. The van der Waals surface area contributed by atoms with Gasteiger partial charge in [-0.1, -0.05) is 11.6 Å². The maximum absolute atomic E-state index is 12.7. The molecule has 162 valence electrons. The molecule has 1 aromatic carbocycles. The molecule has 7 nitrogen and oxygen atoms in total. The molecule has 1 aliphatic heterocycles. The molecule has 0 radical (unpaired) electrons. The summed E-state index contributed by atoms with van der Waals surface area (Å²) in [6, 6.07) is 6.97. The van der Waals surface area contributed by atoms with Gasteiger partial charge in [0.25, 0.3) is 5.56 Å². The Morgan fingerprint density at radius 1 is 1.13 bits per heavy atom. The van der Waals surface area contributed by atoms with Crippen LogP contribution in [0.15, 0.2) is 29.1 Å². The molecular formula is C22H24ClN5O2S. The summed E-state index contributed by atoms with van der Waals surface area (Å²) in [5.41, 5.74) is 1.93. The van der Waals surface area contributed by atoms with E-state index in [1.165, 1.54) is 16.9 Å². The molecule has 1 aliphatic carbocycles. The Hall–Kier alpha value is -2.42. The number of carbonyl (C=O) groups excluding carboxylic acids is 1. The Morgan fingerprint density at radius 3 is 2.65 bits per heavy atom. The van der Waals surface area contributed by atoms with Gasteiger partial charge in [-0.05, 0) is 55.5 Å². The molecule has 1 fully saturated rings. The summed E-state index contributed by atoms with van der Waals surface area (Å²) in [6.07, 6.45) is 4.39. The van der Waals surface area contributed by atoms with Crippen LogP contribution >= 0.6 is 22.9 Å². The number of hydrogen-bond donors (Lipinski definition) is 2. The zero-order chi connectivity index (χ0) is 21.4. The second-order valence-corrected chi connectivity index (χ2v) is 9.62. The van der Waals surface area contributed by atoms with E-state index in [1.54, 1.807) is 40.5 Å². The minimum Gasteiger partial charge on any atom is -0.322 e. The van der Waals surface area contributed by atoms with E-state index in [1.807, 2.05) is 0 Å². The van der Waals surface area contributed by atoms with Crippen molar-refractivity contribution in [2.75, 3.05) is 31.5 Å². The highest BCUT2D eigenvalue weighted by Crippen LogP contribution is 2.33. The molecule has 5 rings (SSSR count). The predicted octanol–water partition coefficient (Wildman–Crippen LogP) is 3.87. The fourth-order valence-electron chi connectivity index (χ4n) is 4.34. The van der Waals surface area contributed by atoms with Crippen LogP contribution in [0, 0.1) is 0 Å². The number of carbonyl (C=O) groups is 1. The SMILES string of the molecule is O=C(Nc1ccc(Cl)cc1)N1CCN(Cc2nc3sc4c(c3c(=O)[nH]2)CCCC4)CC1. The third-order valence-electron chi connectivity index (χ3n) is 6.00. The smallest absolute Gasteiger partial charge is 0.321 e. The number of aryl methyl sites for hydroxylation is 2. The molecule has 1 saturated heterocycles. The topological polar surface area (TPSA) is 81.3 Å². The van der Waals surface area contributed by atoms with Crippen molar-refractivity contribution >= 4 is 44.9 Å². The molecule has 2 aromatic heterocycles. The van der Waals surface area contributed by atoms with Crippen molar-refractivity contribution in [3.63, 3.8) is 0 Å². The van der Waals surface area contributed by atoms with Crippen LogP contribution < -0.4 is 10.9 Å². The lowest BCUT2D eigenvalue weighted by Crippen LogP contribution is -2.49. The van der Waals surface area contributed by atoms with Gasteiger partial charge in [-0.15, -0.1) is 11.3 Å². The highest BCUT2D eigenvalue weighted by molar-refractivity contribution is 7.18. The molecule has 31 heavy (non-hydrogen) atoms. The summed E-state index contributed by atoms with van der Waals surface area (Å²) >= 11 is 7.57. The van der Waals surface area contributed by atoms with Gasteiger partial charge in [-0.2, -0.15) is 0 Å². The van der Waals surface area contributed by atoms with Crippen LogP contribution in [0.1, 0.15) is 29.1 Å². The monoisotopic (exact) mass is 457 g/mol. The largest absolute Gasteiger partial charge is 0.322 e. The number of nitrogens with zero attached hydrogens (tertiary/aromatic N) is 3. The third-order valence-corrected chi connectivity index (χ3v) is 7.44. The molecule has 0 atom stereocenters. The van der Waals surface area contributed by atoms with E-state index < -0.39 is 0 Å². The first-order valence-electron chi connectivity index (χ1n) is 10.6. The number of H-pyrrole nitrogens is 1. The summed E-state index contributed by atoms with van der Waals surface area (Å²) in [4.78, 5) is 39.2. The minimum atomic E-state index is -0.112. The van der Waals surface area contributed by atoms with Crippen molar-refractivity contribution in [1.82, 2.24) is 19.8 Å². The summed E-state index contributed by atoms with van der Waals surface area (Å²) in [7, 11) is 0. The number of piperazine rings is 1. The average Bonchev–Trinajstić information content (AvgIpc) is 3.14. The van der Waals surface area contributed by atoms with Crippen molar-refractivity contribution in [2.24, 2.45) is 0 Å². The number of halogens is 1. The Balaban J connectivity index is 1.21. The van der Waals surface area contributed by atoms with Crippen molar-refractivity contribution < 1.29 is 4.79 Å². The number of urea groups is 1. The first-order chi connectivity index (χ1) is 15.1. The number of aromatic amines is 1. The molecule has 0 unspecified atom stereocenters.